The van der Waals surface area contributed by atoms with Gasteiger partial charge in [-0.3, -0.25) is 14.8 Å². The molecule has 0 saturated heterocycles. The fraction of sp³-hybridized carbons (Fsp3) is 0.269. The zero-order chi connectivity index (χ0) is 23.1. The molecule has 0 spiro atoms. The average Bonchev–Trinajstić information content (AvgIpc) is 3.59. The molecule has 0 unspecified atom stereocenters. The lowest BCUT2D eigenvalue weighted by Crippen LogP contribution is -2.27. The molecule has 0 atom stereocenters. The number of likely N-dealkylation sites (N-methyl/N-ethyl adjacent to an activating group) is 1. The van der Waals surface area contributed by atoms with Crippen molar-refractivity contribution in [3.63, 3.8) is 0 Å². The van der Waals surface area contributed by atoms with Crippen molar-refractivity contribution in [2.75, 3.05) is 18.9 Å². The van der Waals surface area contributed by atoms with Crippen molar-refractivity contribution in [1.29, 1.82) is 0 Å². The fourth-order valence-corrected chi connectivity index (χ4v) is 4.46. The Kier molecular flexibility index (Phi) is 5.15. The zero-order valence-electron chi connectivity index (χ0n) is 19.0. The molecule has 0 bridgehead atoms. The largest absolute Gasteiger partial charge is 0.321 e. The Labute approximate surface area is 197 Å². The van der Waals surface area contributed by atoms with Crippen LogP contribution in [-0.4, -0.2) is 49.1 Å². The summed E-state index contributed by atoms with van der Waals surface area (Å²) in [6.07, 6.45) is 8.61. The minimum absolute atomic E-state index is 0.256. The first-order chi connectivity index (χ1) is 16.6. The molecular weight excluding hydrogens is 426 g/mol. The Morgan fingerprint density at radius 1 is 1.06 bits per heavy atom. The second-order valence-corrected chi connectivity index (χ2v) is 9.08. The number of carbonyl (C=O) groups excluding carboxylic acids is 1. The number of fused-ring (bicyclic) bond motifs is 1. The monoisotopic (exact) mass is 451 g/mol. The maximum absolute atomic E-state index is 13.0. The number of rotatable bonds is 5. The Hall–Kier alpha value is -3.91. The lowest BCUT2D eigenvalue weighted by Gasteiger charge is -2.24. The average molecular weight is 452 g/mol. The summed E-state index contributed by atoms with van der Waals surface area (Å²) >= 11 is 0. The van der Waals surface area contributed by atoms with E-state index in [4.69, 9.17) is 0 Å². The van der Waals surface area contributed by atoms with Crippen molar-refractivity contribution >= 4 is 11.6 Å². The minimum Gasteiger partial charge on any atom is -0.321 e. The number of benzene rings is 1. The van der Waals surface area contributed by atoms with Gasteiger partial charge in [0.2, 0.25) is 0 Å². The number of pyridine rings is 2. The first-order valence-corrected chi connectivity index (χ1v) is 11.6. The van der Waals surface area contributed by atoms with Crippen molar-refractivity contribution in [1.82, 2.24) is 29.6 Å². The molecule has 4 aromatic rings. The van der Waals surface area contributed by atoms with Gasteiger partial charge in [0.1, 0.15) is 12.0 Å². The lowest BCUT2D eigenvalue weighted by atomic mass is 10.0. The minimum atomic E-state index is -0.256. The normalized spacial score (nSPS) is 15.7. The van der Waals surface area contributed by atoms with Crippen LogP contribution >= 0.6 is 0 Å². The SMILES string of the molecule is CN1CCc2ncc(-c3ccnc(C(=O)Nc4cccc(-c5nncn5C5CC5)c4)c3)cc2C1. The molecule has 4 heterocycles. The summed E-state index contributed by atoms with van der Waals surface area (Å²) in [5, 5.41) is 11.3. The number of hydrogen-bond acceptors (Lipinski definition) is 6. The van der Waals surface area contributed by atoms with E-state index < -0.39 is 0 Å². The molecule has 1 amide bonds. The first-order valence-electron chi connectivity index (χ1n) is 11.6. The van der Waals surface area contributed by atoms with Crippen LogP contribution in [0.25, 0.3) is 22.5 Å². The summed E-state index contributed by atoms with van der Waals surface area (Å²) in [5.74, 6) is 0.567. The molecule has 8 heteroatoms. The number of nitrogens with zero attached hydrogens (tertiary/aromatic N) is 6. The number of carbonyl (C=O) groups is 1. The highest BCUT2D eigenvalue weighted by Crippen LogP contribution is 2.37. The van der Waals surface area contributed by atoms with Crippen LogP contribution in [0.4, 0.5) is 5.69 Å². The van der Waals surface area contributed by atoms with Gasteiger partial charge in [-0.1, -0.05) is 12.1 Å². The van der Waals surface area contributed by atoms with Gasteiger partial charge in [-0.05, 0) is 61.3 Å². The van der Waals surface area contributed by atoms with E-state index in [0.29, 0.717) is 17.4 Å². The van der Waals surface area contributed by atoms with Gasteiger partial charge in [-0.25, -0.2) is 0 Å². The van der Waals surface area contributed by atoms with Gasteiger partial charge in [0.15, 0.2) is 5.82 Å². The van der Waals surface area contributed by atoms with Crippen molar-refractivity contribution in [3.8, 4) is 22.5 Å². The molecule has 1 N–H and O–H groups in total. The molecule has 2 aliphatic rings. The molecule has 34 heavy (non-hydrogen) atoms. The smallest absolute Gasteiger partial charge is 0.274 e. The fourth-order valence-electron chi connectivity index (χ4n) is 4.46. The maximum atomic E-state index is 13.0. The van der Waals surface area contributed by atoms with Crippen molar-refractivity contribution in [2.45, 2.75) is 31.8 Å². The highest BCUT2D eigenvalue weighted by atomic mass is 16.1. The molecule has 170 valence electrons. The van der Waals surface area contributed by atoms with Crippen LogP contribution < -0.4 is 5.32 Å². The van der Waals surface area contributed by atoms with Crippen molar-refractivity contribution in [2.24, 2.45) is 0 Å². The predicted molar refractivity (Wildman–Crippen MR) is 129 cm³/mol. The summed E-state index contributed by atoms with van der Waals surface area (Å²) in [7, 11) is 2.12. The van der Waals surface area contributed by atoms with Gasteiger partial charge < -0.3 is 14.8 Å². The van der Waals surface area contributed by atoms with Crippen LogP contribution in [0.5, 0.6) is 0 Å². The molecule has 1 aliphatic carbocycles. The molecule has 1 aromatic carbocycles. The third-order valence-corrected chi connectivity index (χ3v) is 6.45. The summed E-state index contributed by atoms with van der Waals surface area (Å²) in [4.78, 5) is 24.3. The van der Waals surface area contributed by atoms with E-state index in [2.05, 4.69) is 48.1 Å². The van der Waals surface area contributed by atoms with E-state index in [1.807, 2.05) is 42.6 Å². The molecular formula is C26H25N7O. The number of hydrogen-bond donors (Lipinski definition) is 1. The molecule has 8 nitrogen and oxygen atoms in total. The van der Waals surface area contributed by atoms with E-state index in [1.165, 1.54) is 5.56 Å². The van der Waals surface area contributed by atoms with E-state index in [0.717, 1.165) is 60.6 Å². The Morgan fingerprint density at radius 3 is 2.85 bits per heavy atom. The third-order valence-electron chi connectivity index (χ3n) is 6.45. The number of anilines is 1. The third kappa shape index (κ3) is 4.08. The van der Waals surface area contributed by atoms with Crippen LogP contribution in [0.15, 0.2) is 61.2 Å². The Balaban J connectivity index is 1.23. The number of amides is 1. The highest BCUT2D eigenvalue weighted by Gasteiger charge is 2.26. The summed E-state index contributed by atoms with van der Waals surface area (Å²) < 4.78 is 2.11. The summed E-state index contributed by atoms with van der Waals surface area (Å²) in [6.45, 7) is 1.92. The summed E-state index contributed by atoms with van der Waals surface area (Å²) in [6, 6.07) is 14.1. The Morgan fingerprint density at radius 2 is 1.97 bits per heavy atom. The van der Waals surface area contributed by atoms with Crippen LogP contribution in [0.3, 0.4) is 0 Å². The van der Waals surface area contributed by atoms with Crippen LogP contribution in [0.2, 0.25) is 0 Å². The number of aromatic nitrogens is 5. The zero-order valence-corrected chi connectivity index (χ0v) is 19.0. The first kappa shape index (κ1) is 20.7. The molecule has 1 aliphatic heterocycles. The van der Waals surface area contributed by atoms with Gasteiger partial charge in [0.25, 0.3) is 5.91 Å². The predicted octanol–water partition coefficient (Wildman–Crippen LogP) is 3.98. The van der Waals surface area contributed by atoms with E-state index >= 15 is 0 Å². The van der Waals surface area contributed by atoms with E-state index in [-0.39, 0.29) is 5.91 Å². The summed E-state index contributed by atoms with van der Waals surface area (Å²) in [5.41, 5.74) is 6.30. The van der Waals surface area contributed by atoms with Gasteiger partial charge in [-0.15, -0.1) is 10.2 Å². The van der Waals surface area contributed by atoms with Crippen molar-refractivity contribution in [3.05, 3.63) is 78.1 Å². The second kappa shape index (κ2) is 8.46. The quantitative estimate of drug-likeness (QED) is 0.494. The molecule has 3 aromatic heterocycles. The van der Waals surface area contributed by atoms with Crippen LogP contribution in [-0.2, 0) is 13.0 Å². The van der Waals surface area contributed by atoms with Crippen LogP contribution in [0, 0.1) is 0 Å². The Bertz CT molecular complexity index is 1380. The highest BCUT2D eigenvalue weighted by molar-refractivity contribution is 6.03. The van der Waals surface area contributed by atoms with E-state index in [9.17, 15) is 4.79 Å². The molecule has 6 rings (SSSR count). The van der Waals surface area contributed by atoms with Gasteiger partial charge in [0, 0.05) is 60.5 Å². The number of nitrogens with one attached hydrogen (secondary N) is 1. The lowest BCUT2D eigenvalue weighted by molar-refractivity contribution is 0.102. The van der Waals surface area contributed by atoms with Crippen molar-refractivity contribution < 1.29 is 4.79 Å². The van der Waals surface area contributed by atoms with Gasteiger partial charge >= 0.3 is 0 Å². The van der Waals surface area contributed by atoms with E-state index in [1.54, 1.807) is 12.5 Å². The second-order valence-electron chi connectivity index (χ2n) is 9.08. The van der Waals surface area contributed by atoms with Gasteiger partial charge in [0.05, 0.1) is 0 Å². The standard InChI is InChI=1S/C26H25N7O/c1-32-10-8-23-20(15-32)11-19(14-28-23)17-7-9-27-24(13-17)26(34)30-21-4-2-3-18(12-21)25-31-29-16-33(25)22-5-6-22/h2-4,7,9,11-14,16,22H,5-6,8,10,15H2,1H3,(H,30,34). The molecule has 1 fully saturated rings. The van der Waals surface area contributed by atoms with Crippen LogP contribution in [0.1, 0.15) is 40.6 Å². The molecule has 0 radical (unpaired) electrons. The van der Waals surface area contributed by atoms with Gasteiger partial charge in [-0.2, -0.15) is 0 Å². The maximum Gasteiger partial charge on any atom is 0.274 e. The molecule has 1 saturated carbocycles. The topological polar surface area (TPSA) is 88.8 Å².